The average Bonchev–Trinajstić information content (AvgIpc) is 2.60. The van der Waals surface area contributed by atoms with E-state index >= 15 is 0 Å². The summed E-state index contributed by atoms with van der Waals surface area (Å²) in [6, 6.07) is 12.5. The van der Waals surface area contributed by atoms with Gasteiger partial charge in [0.1, 0.15) is 6.04 Å². The van der Waals surface area contributed by atoms with Gasteiger partial charge in [-0.3, -0.25) is 4.79 Å². The molecule has 0 aliphatic carbocycles. The zero-order valence-electron chi connectivity index (χ0n) is 13.8. The lowest BCUT2D eigenvalue weighted by molar-refractivity contribution is -0.143. The molecule has 4 nitrogen and oxygen atoms in total. The fourth-order valence-corrected chi connectivity index (χ4v) is 2.56. The van der Waals surface area contributed by atoms with Crippen molar-refractivity contribution in [2.75, 3.05) is 0 Å². The lowest BCUT2D eigenvalue weighted by Crippen LogP contribution is -2.42. The molecule has 2 aromatic carbocycles. The number of nitrogens with one attached hydrogen (secondary N) is 1. The van der Waals surface area contributed by atoms with Gasteiger partial charge in [0.2, 0.25) is 5.91 Å². The van der Waals surface area contributed by atoms with Gasteiger partial charge in [-0.1, -0.05) is 48.5 Å². The van der Waals surface area contributed by atoms with Crippen molar-refractivity contribution in [3.05, 3.63) is 71.3 Å². The zero-order valence-corrected chi connectivity index (χ0v) is 13.8. The molecule has 26 heavy (non-hydrogen) atoms. The van der Waals surface area contributed by atoms with E-state index < -0.39 is 36.1 Å². The molecule has 0 saturated carbocycles. The molecule has 0 spiro atoms. The Balaban J connectivity index is 2.03. The summed E-state index contributed by atoms with van der Waals surface area (Å²) in [4.78, 5) is 23.4. The fourth-order valence-electron chi connectivity index (χ4n) is 2.56. The van der Waals surface area contributed by atoms with Gasteiger partial charge in [-0.25, -0.2) is 4.79 Å². The van der Waals surface area contributed by atoms with Gasteiger partial charge < -0.3 is 10.4 Å². The summed E-state index contributed by atoms with van der Waals surface area (Å²) in [7, 11) is 0. The molecule has 1 amide bonds. The van der Waals surface area contributed by atoms with Crippen LogP contribution >= 0.6 is 0 Å². The van der Waals surface area contributed by atoms with Crippen molar-refractivity contribution < 1.29 is 27.9 Å². The van der Waals surface area contributed by atoms with Crippen LogP contribution in [0.15, 0.2) is 54.6 Å². The van der Waals surface area contributed by atoms with Gasteiger partial charge in [0.05, 0.1) is 5.56 Å². The molecule has 0 bridgehead atoms. The van der Waals surface area contributed by atoms with E-state index in [1.807, 2.05) is 30.3 Å². The largest absolute Gasteiger partial charge is 0.480 e. The molecule has 7 heteroatoms. The summed E-state index contributed by atoms with van der Waals surface area (Å²) in [6.07, 6.45) is -4.56. The molecule has 0 aromatic heterocycles. The molecule has 2 N–H and O–H groups in total. The Morgan fingerprint density at radius 2 is 1.62 bits per heavy atom. The van der Waals surface area contributed by atoms with E-state index in [1.54, 1.807) is 0 Å². The number of aliphatic carboxylic acids is 1. The summed E-state index contributed by atoms with van der Waals surface area (Å²) < 4.78 is 39.1. The molecule has 0 aliphatic heterocycles. The molecule has 0 aliphatic rings. The molecule has 2 aromatic rings. The van der Waals surface area contributed by atoms with Crippen LogP contribution in [0.2, 0.25) is 0 Å². The average molecular weight is 365 g/mol. The summed E-state index contributed by atoms with van der Waals surface area (Å²) in [6.45, 7) is 0. The van der Waals surface area contributed by atoms with E-state index in [1.165, 1.54) is 18.2 Å². The molecular weight excluding hydrogens is 347 g/mol. The minimum atomic E-state index is -4.59. The number of hydrogen-bond donors (Lipinski definition) is 2. The maximum Gasteiger partial charge on any atom is 0.416 e. The molecule has 1 atom stereocenters. The molecule has 138 valence electrons. The molecule has 0 unspecified atom stereocenters. The summed E-state index contributed by atoms with van der Waals surface area (Å²) in [5.41, 5.74) is -0.155. The number of alkyl halides is 3. The van der Waals surface area contributed by atoms with E-state index in [0.717, 1.165) is 11.6 Å². The Kier molecular flexibility index (Phi) is 6.38. The van der Waals surface area contributed by atoms with Gasteiger partial charge in [0, 0.05) is 12.8 Å². The first-order valence-electron chi connectivity index (χ1n) is 7.98. The third kappa shape index (κ3) is 5.61. The second-order valence-corrected chi connectivity index (χ2v) is 5.80. The van der Waals surface area contributed by atoms with Crippen molar-refractivity contribution in [3.8, 4) is 0 Å². The highest BCUT2D eigenvalue weighted by atomic mass is 19.4. The highest BCUT2D eigenvalue weighted by molar-refractivity contribution is 5.83. The predicted octanol–water partition coefficient (Wildman–Crippen LogP) is 3.45. The first kappa shape index (κ1) is 19.5. The van der Waals surface area contributed by atoms with Gasteiger partial charge >= 0.3 is 12.1 Å². The number of carbonyl (C=O) groups is 2. The molecule has 0 radical (unpaired) electrons. The molecular formula is C19H18F3NO3. The van der Waals surface area contributed by atoms with Crippen LogP contribution < -0.4 is 5.32 Å². The second-order valence-electron chi connectivity index (χ2n) is 5.80. The van der Waals surface area contributed by atoms with Crippen LogP contribution in [0.4, 0.5) is 13.2 Å². The summed E-state index contributed by atoms with van der Waals surface area (Å²) in [5, 5.41) is 11.6. The van der Waals surface area contributed by atoms with E-state index in [0.29, 0.717) is 6.42 Å². The van der Waals surface area contributed by atoms with Gasteiger partial charge in [-0.15, -0.1) is 0 Å². The topological polar surface area (TPSA) is 66.4 Å². The molecule has 0 fully saturated rings. The number of halogens is 3. The molecule has 2 rings (SSSR count). The number of hydrogen-bond acceptors (Lipinski definition) is 2. The van der Waals surface area contributed by atoms with Crippen molar-refractivity contribution in [2.24, 2.45) is 0 Å². The van der Waals surface area contributed by atoms with Crippen LogP contribution in [0, 0.1) is 0 Å². The molecule has 0 saturated heterocycles. The fraction of sp³-hybridized carbons (Fsp3) is 0.263. The normalized spacial score (nSPS) is 12.4. The van der Waals surface area contributed by atoms with E-state index in [4.69, 9.17) is 0 Å². The van der Waals surface area contributed by atoms with E-state index in [-0.39, 0.29) is 12.0 Å². The van der Waals surface area contributed by atoms with Gasteiger partial charge in [-0.2, -0.15) is 13.2 Å². The number of carboxylic acid groups (broad SMARTS) is 1. The number of benzene rings is 2. The Labute approximate surface area is 148 Å². The monoisotopic (exact) mass is 365 g/mol. The third-order valence-corrected chi connectivity index (χ3v) is 3.86. The maximum atomic E-state index is 13.0. The van der Waals surface area contributed by atoms with Crippen molar-refractivity contribution in [1.82, 2.24) is 5.32 Å². The van der Waals surface area contributed by atoms with Crippen molar-refractivity contribution in [1.29, 1.82) is 0 Å². The Morgan fingerprint density at radius 3 is 2.23 bits per heavy atom. The lowest BCUT2D eigenvalue weighted by atomic mass is 9.99. The Hall–Kier alpha value is -2.83. The molecule has 0 heterocycles. The highest BCUT2D eigenvalue weighted by Gasteiger charge is 2.34. The van der Waals surface area contributed by atoms with Crippen molar-refractivity contribution in [3.63, 3.8) is 0 Å². The standard InChI is InChI=1S/C19H18F3NO3/c20-19(21,22)15-9-5-4-8-14(15)12-16(18(25)26)23-17(24)11-10-13-6-2-1-3-7-13/h1-9,16H,10-12H2,(H,23,24)(H,25,26)/t16-/m0/s1. The third-order valence-electron chi connectivity index (χ3n) is 3.86. The number of carbonyl (C=O) groups excluding carboxylic acids is 1. The van der Waals surface area contributed by atoms with E-state index in [9.17, 15) is 27.9 Å². The minimum Gasteiger partial charge on any atom is -0.480 e. The van der Waals surface area contributed by atoms with Gasteiger partial charge in [-0.05, 0) is 23.6 Å². The SMILES string of the molecule is O=C(CCc1ccccc1)N[C@@H](Cc1ccccc1C(F)(F)F)C(=O)O. The Bertz CT molecular complexity index is 760. The van der Waals surface area contributed by atoms with Gasteiger partial charge in [0.25, 0.3) is 0 Å². The van der Waals surface area contributed by atoms with Gasteiger partial charge in [0.15, 0.2) is 0 Å². The lowest BCUT2D eigenvalue weighted by Gasteiger charge is -2.18. The van der Waals surface area contributed by atoms with Crippen LogP contribution in [0.1, 0.15) is 23.1 Å². The first-order chi connectivity index (χ1) is 12.3. The van der Waals surface area contributed by atoms with Crippen LogP contribution in [0.3, 0.4) is 0 Å². The minimum absolute atomic E-state index is 0.0503. The first-order valence-corrected chi connectivity index (χ1v) is 7.98. The van der Waals surface area contributed by atoms with E-state index in [2.05, 4.69) is 5.32 Å². The van der Waals surface area contributed by atoms with Crippen LogP contribution in [-0.2, 0) is 28.6 Å². The smallest absolute Gasteiger partial charge is 0.416 e. The van der Waals surface area contributed by atoms with Crippen molar-refractivity contribution >= 4 is 11.9 Å². The van der Waals surface area contributed by atoms with Crippen LogP contribution in [0.5, 0.6) is 0 Å². The number of aryl methyl sites for hydroxylation is 1. The maximum absolute atomic E-state index is 13.0. The highest BCUT2D eigenvalue weighted by Crippen LogP contribution is 2.32. The zero-order chi connectivity index (χ0) is 19.2. The number of amides is 1. The quantitative estimate of drug-likeness (QED) is 0.790. The van der Waals surface area contributed by atoms with Crippen LogP contribution in [-0.4, -0.2) is 23.0 Å². The second kappa shape index (κ2) is 8.51. The van der Waals surface area contributed by atoms with Crippen LogP contribution in [0.25, 0.3) is 0 Å². The Morgan fingerprint density at radius 1 is 1.00 bits per heavy atom. The van der Waals surface area contributed by atoms with Crippen molar-refractivity contribution in [2.45, 2.75) is 31.5 Å². The number of rotatable bonds is 7. The number of carboxylic acids is 1. The summed E-state index contributed by atoms with van der Waals surface area (Å²) in [5.74, 6) is -1.90. The predicted molar refractivity (Wildman–Crippen MR) is 89.5 cm³/mol. The summed E-state index contributed by atoms with van der Waals surface area (Å²) >= 11 is 0.